The van der Waals surface area contributed by atoms with Crippen molar-refractivity contribution in [2.45, 2.75) is 13.8 Å². The fraction of sp³-hybridized carbons (Fsp3) is 0.385. The number of benzene rings is 1. The molecule has 0 aliphatic heterocycles. The number of nitrogens with zero attached hydrogens (tertiary/aromatic N) is 2. The number of rotatable bonds is 3. The van der Waals surface area contributed by atoms with Crippen LogP contribution in [0.3, 0.4) is 0 Å². The summed E-state index contributed by atoms with van der Waals surface area (Å²) in [6.07, 6.45) is 0. The molecule has 1 atom stereocenters. The minimum Gasteiger partial charge on any atom is -0.399 e. The lowest BCUT2D eigenvalue weighted by Crippen LogP contribution is -2.30. The van der Waals surface area contributed by atoms with Gasteiger partial charge >= 0.3 is 0 Å². The number of nitriles is 1. The van der Waals surface area contributed by atoms with Gasteiger partial charge in [-0.1, -0.05) is 0 Å². The van der Waals surface area contributed by atoms with Crippen molar-refractivity contribution in [3.8, 4) is 6.07 Å². The number of nitrogens with two attached hydrogens (primary N) is 1. The molecule has 0 bridgehead atoms. The Morgan fingerprint density at radius 3 is 2.76 bits per heavy atom. The fourth-order valence-corrected chi connectivity index (χ4v) is 1.56. The highest BCUT2D eigenvalue weighted by Gasteiger charge is 2.14. The molecule has 0 radical (unpaired) electrons. The SMILES string of the molecule is Cc1cc(C(=O)N(C)CC(C)C#N)ccc1N. The number of hydrogen-bond acceptors (Lipinski definition) is 3. The Morgan fingerprint density at radius 2 is 2.24 bits per heavy atom. The second kappa shape index (κ2) is 5.35. The van der Waals surface area contributed by atoms with Crippen LogP contribution < -0.4 is 5.73 Å². The summed E-state index contributed by atoms with van der Waals surface area (Å²) in [5.41, 5.74) is 7.86. The van der Waals surface area contributed by atoms with E-state index >= 15 is 0 Å². The number of amides is 1. The van der Waals surface area contributed by atoms with Gasteiger partial charge in [-0.3, -0.25) is 4.79 Å². The van der Waals surface area contributed by atoms with Crippen molar-refractivity contribution in [3.63, 3.8) is 0 Å². The van der Waals surface area contributed by atoms with Crippen molar-refractivity contribution < 1.29 is 4.79 Å². The van der Waals surface area contributed by atoms with Crippen LogP contribution in [0, 0.1) is 24.2 Å². The molecule has 0 aliphatic carbocycles. The van der Waals surface area contributed by atoms with E-state index in [1.165, 1.54) is 0 Å². The van der Waals surface area contributed by atoms with Crippen LogP contribution in [0.15, 0.2) is 18.2 Å². The van der Waals surface area contributed by atoms with Crippen LogP contribution in [0.2, 0.25) is 0 Å². The highest BCUT2D eigenvalue weighted by Crippen LogP contribution is 2.14. The van der Waals surface area contributed by atoms with E-state index in [2.05, 4.69) is 6.07 Å². The zero-order valence-corrected chi connectivity index (χ0v) is 10.4. The third-order valence-corrected chi connectivity index (χ3v) is 2.63. The van der Waals surface area contributed by atoms with Crippen molar-refractivity contribution in [3.05, 3.63) is 29.3 Å². The molecular formula is C13H17N3O. The predicted molar refractivity (Wildman–Crippen MR) is 67.3 cm³/mol. The lowest BCUT2D eigenvalue weighted by molar-refractivity contribution is 0.0785. The predicted octanol–water partition coefficient (Wildman–Crippen LogP) is 1.81. The highest BCUT2D eigenvalue weighted by molar-refractivity contribution is 5.94. The Balaban J connectivity index is 2.82. The summed E-state index contributed by atoms with van der Waals surface area (Å²) in [6.45, 7) is 4.08. The molecular weight excluding hydrogens is 214 g/mol. The molecule has 2 N–H and O–H groups in total. The smallest absolute Gasteiger partial charge is 0.253 e. The first-order chi connectivity index (χ1) is 7.95. The average Bonchev–Trinajstić information content (AvgIpc) is 2.31. The lowest BCUT2D eigenvalue weighted by atomic mass is 10.1. The molecule has 0 saturated heterocycles. The molecule has 1 unspecified atom stereocenters. The molecule has 1 amide bonds. The molecule has 0 fully saturated rings. The van der Waals surface area contributed by atoms with Gasteiger partial charge in [-0.05, 0) is 37.6 Å². The van der Waals surface area contributed by atoms with Crippen LogP contribution in [0.25, 0.3) is 0 Å². The third-order valence-electron chi connectivity index (χ3n) is 2.63. The van der Waals surface area contributed by atoms with Gasteiger partial charge in [0.25, 0.3) is 5.91 Å². The number of anilines is 1. The Morgan fingerprint density at radius 1 is 1.59 bits per heavy atom. The van der Waals surface area contributed by atoms with Crippen molar-refractivity contribution in [1.29, 1.82) is 5.26 Å². The first-order valence-corrected chi connectivity index (χ1v) is 5.47. The summed E-state index contributed by atoms with van der Waals surface area (Å²) in [5.74, 6) is -0.256. The second-order valence-corrected chi connectivity index (χ2v) is 4.29. The summed E-state index contributed by atoms with van der Waals surface area (Å²) >= 11 is 0. The summed E-state index contributed by atoms with van der Waals surface area (Å²) in [7, 11) is 1.70. The quantitative estimate of drug-likeness (QED) is 0.806. The third kappa shape index (κ3) is 3.22. The van der Waals surface area contributed by atoms with Crippen LogP contribution in [0.4, 0.5) is 5.69 Å². The Labute approximate surface area is 102 Å². The maximum Gasteiger partial charge on any atom is 0.253 e. The van der Waals surface area contributed by atoms with E-state index in [1.54, 1.807) is 37.1 Å². The maximum absolute atomic E-state index is 12.0. The minimum atomic E-state index is -0.168. The molecule has 1 aromatic rings. The zero-order chi connectivity index (χ0) is 13.0. The molecule has 0 spiro atoms. The normalized spacial score (nSPS) is 11.6. The van der Waals surface area contributed by atoms with E-state index in [4.69, 9.17) is 11.0 Å². The molecule has 4 nitrogen and oxygen atoms in total. The number of carbonyl (C=O) groups excluding carboxylic acids is 1. The molecule has 0 aliphatic rings. The van der Waals surface area contributed by atoms with E-state index in [9.17, 15) is 4.79 Å². The second-order valence-electron chi connectivity index (χ2n) is 4.29. The van der Waals surface area contributed by atoms with Crippen LogP contribution in [0.1, 0.15) is 22.8 Å². The van der Waals surface area contributed by atoms with Crippen molar-refractivity contribution >= 4 is 11.6 Å². The van der Waals surface area contributed by atoms with Crippen molar-refractivity contribution in [2.24, 2.45) is 5.92 Å². The van der Waals surface area contributed by atoms with E-state index < -0.39 is 0 Å². The van der Waals surface area contributed by atoms with Crippen LogP contribution in [-0.2, 0) is 0 Å². The van der Waals surface area contributed by atoms with Gasteiger partial charge in [-0.2, -0.15) is 5.26 Å². The molecule has 90 valence electrons. The minimum absolute atomic E-state index is 0.0878. The van der Waals surface area contributed by atoms with E-state index in [0.29, 0.717) is 17.8 Å². The van der Waals surface area contributed by atoms with Gasteiger partial charge in [-0.25, -0.2) is 0 Å². The number of carbonyl (C=O) groups is 1. The van der Waals surface area contributed by atoms with Gasteiger partial charge in [0.2, 0.25) is 0 Å². The maximum atomic E-state index is 12.0. The van der Waals surface area contributed by atoms with Gasteiger partial charge in [0.1, 0.15) is 0 Å². The largest absolute Gasteiger partial charge is 0.399 e. The number of hydrogen-bond donors (Lipinski definition) is 1. The highest BCUT2D eigenvalue weighted by atomic mass is 16.2. The Bertz CT molecular complexity index is 462. The van der Waals surface area contributed by atoms with E-state index in [1.807, 2.05) is 6.92 Å². The first-order valence-electron chi connectivity index (χ1n) is 5.47. The average molecular weight is 231 g/mol. The first kappa shape index (κ1) is 13.0. The van der Waals surface area contributed by atoms with Gasteiger partial charge in [0.15, 0.2) is 0 Å². The summed E-state index contributed by atoms with van der Waals surface area (Å²) in [5, 5.41) is 8.71. The standard InChI is InChI=1S/C13H17N3O/c1-9(7-14)8-16(3)13(17)11-4-5-12(15)10(2)6-11/h4-6,9H,8,15H2,1-3H3. The fourth-order valence-electron chi connectivity index (χ4n) is 1.56. The molecule has 0 saturated carbocycles. The Kier molecular flexibility index (Phi) is 4.11. The molecule has 1 rings (SSSR count). The topological polar surface area (TPSA) is 70.1 Å². The van der Waals surface area contributed by atoms with Crippen molar-refractivity contribution in [2.75, 3.05) is 19.3 Å². The zero-order valence-electron chi connectivity index (χ0n) is 10.4. The summed E-state index contributed by atoms with van der Waals surface area (Å²) in [4.78, 5) is 13.6. The van der Waals surface area contributed by atoms with Gasteiger partial charge in [0, 0.05) is 24.8 Å². The van der Waals surface area contributed by atoms with Crippen LogP contribution in [0.5, 0.6) is 0 Å². The van der Waals surface area contributed by atoms with Gasteiger partial charge in [0.05, 0.1) is 12.0 Å². The molecule has 1 aromatic carbocycles. The molecule has 17 heavy (non-hydrogen) atoms. The lowest BCUT2D eigenvalue weighted by Gasteiger charge is -2.18. The summed E-state index contributed by atoms with van der Waals surface area (Å²) in [6, 6.07) is 7.31. The van der Waals surface area contributed by atoms with Crippen LogP contribution >= 0.6 is 0 Å². The van der Waals surface area contributed by atoms with Crippen molar-refractivity contribution in [1.82, 2.24) is 4.90 Å². The van der Waals surface area contributed by atoms with Gasteiger partial charge < -0.3 is 10.6 Å². The van der Waals surface area contributed by atoms with E-state index in [-0.39, 0.29) is 11.8 Å². The molecule has 0 heterocycles. The number of nitrogen functional groups attached to an aromatic ring is 1. The molecule has 4 heteroatoms. The van der Waals surface area contributed by atoms with E-state index in [0.717, 1.165) is 5.56 Å². The molecule has 0 aromatic heterocycles. The Hall–Kier alpha value is -2.02. The monoisotopic (exact) mass is 231 g/mol. The summed E-state index contributed by atoms with van der Waals surface area (Å²) < 4.78 is 0. The number of aryl methyl sites for hydroxylation is 1. The van der Waals surface area contributed by atoms with Crippen LogP contribution in [-0.4, -0.2) is 24.4 Å². The van der Waals surface area contributed by atoms with Gasteiger partial charge in [-0.15, -0.1) is 0 Å².